The van der Waals surface area contributed by atoms with Gasteiger partial charge in [0.25, 0.3) is 0 Å². The SMILES string of the molecule is Cc1ccc2c(ccn2CC(=O)Nc2sc3c(c2C#N)CCC3)c1. The zero-order chi connectivity index (χ0) is 16.7. The van der Waals surface area contributed by atoms with Crippen molar-refractivity contribution in [2.45, 2.75) is 32.7 Å². The normalized spacial score (nSPS) is 13.0. The van der Waals surface area contributed by atoms with Crippen LogP contribution in [0.25, 0.3) is 10.9 Å². The smallest absolute Gasteiger partial charge is 0.244 e. The van der Waals surface area contributed by atoms with E-state index in [1.54, 1.807) is 11.3 Å². The number of hydrogen-bond acceptors (Lipinski definition) is 3. The maximum absolute atomic E-state index is 12.5. The van der Waals surface area contributed by atoms with Crippen LogP contribution in [0.1, 0.15) is 28.0 Å². The number of thiophene rings is 1. The topological polar surface area (TPSA) is 57.8 Å². The highest BCUT2D eigenvalue weighted by molar-refractivity contribution is 7.16. The molecule has 0 saturated carbocycles. The second-order valence-electron chi connectivity index (χ2n) is 6.23. The summed E-state index contributed by atoms with van der Waals surface area (Å²) < 4.78 is 1.94. The molecule has 1 aliphatic carbocycles. The predicted molar refractivity (Wildman–Crippen MR) is 96.4 cm³/mol. The van der Waals surface area contributed by atoms with Gasteiger partial charge in [0, 0.05) is 16.6 Å². The van der Waals surface area contributed by atoms with Gasteiger partial charge in [0.1, 0.15) is 17.6 Å². The maximum atomic E-state index is 12.5. The lowest BCUT2D eigenvalue weighted by atomic mass is 10.1. The molecule has 0 bridgehead atoms. The van der Waals surface area contributed by atoms with Crippen LogP contribution in [0.5, 0.6) is 0 Å². The number of aromatic nitrogens is 1. The molecule has 0 radical (unpaired) electrons. The molecule has 5 heteroatoms. The van der Waals surface area contributed by atoms with Gasteiger partial charge in [-0.3, -0.25) is 4.79 Å². The van der Waals surface area contributed by atoms with E-state index < -0.39 is 0 Å². The lowest BCUT2D eigenvalue weighted by Crippen LogP contribution is -2.18. The van der Waals surface area contributed by atoms with Crippen molar-refractivity contribution in [3.63, 3.8) is 0 Å². The first-order valence-corrected chi connectivity index (χ1v) is 8.87. The van der Waals surface area contributed by atoms with Crippen LogP contribution < -0.4 is 5.32 Å². The zero-order valence-electron chi connectivity index (χ0n) is 13.4. The molecule has 0 unspecified atom stereocenters. The number of nitrogens with one attached hydrogen (secondary N) is 1. The van der Waals surface area contributed by atoms with Crippen molar-refractivity contribution in [3.8, 4) is 6.07 Å². The predicted octanol–water partition coefficient (Wildman–Crippen LogP) is 4.01. The fraction of sp³-hybridized carbons (Fsp3) is 0.263. The summed E-state index contributed by atoms with van der Waals surface area (Å²) in [5.74, 6) is -0.0931. The summed E-state index contributed by atoms with van der Waals surface area (Å²) in [6.45, 7) is 2.31. The molecule has 1 N–H and O–H groups in total. The number of carbonyl (C=O) groups excluding carboxylic acids is 1. The van der Waals surface area contributed by atoms with Gasteiger partial charge in [0.15, 0.2) is 0 Å². The van der Waals surface area contributed by atoms with Crippen molar-refractivity contribution >= 4 is 33.1 Å². The van der Waals surface area contributed by atoms with Crippen molar-refractivity contribution in [3.05, 3.63) is 52.0 Å². The molecule has 0 aliphatic heterocycles. The third kappa shape index (κ3) is 2.49. The number of anilines is 1. The van der Waals surface area contributed by atoms with Gasteiger partial charge >= 0.3 is 0 Å². The lowest BCUT2D eigenvalue weighted by Gasteiger charge is -2.07. The Bertz CT molecular complexity index is 990. The Morgan fingerprint density at radius 2 is 2.25 bits per heavy atom. The fourth-order valence-corrected chi connectivity index (χ4v) is 4.64. The van der Waals surface area contributed by atoms with Crippen LogP contribution in [0.15, 0.2) is 30.5 Å². The van der Waals surface area contributed by atoms with Gasteiger partial charge in [-0.1, -0.05) is 11.6 Å². The number of benzene rings is 1. The maximum Gasteiger partial charge on any atom is 0.244 e. The Balaban J connectivity index is 1.56. The van der Waals surface area contributed by atoms with Gasteiger partial charge < -0.3 is 9.88 Å². The summed E-state index contributed by atoms with van der Waals surface area (Å²) in [4.78, 5) is 13.7. The molecular weight excluding hydrogens is 318 g/mol. The van der Waals surface area contributed by atoms with Crippen molar-refractivity contribution in [1.82, 2.24) is 4.57 Å². The Morgan fingerprint density at radius 1 is 1.38 bits per heavy atom. The molecular formula is C19H17N3OS. The van der Waals surface area contributed by atoms with Gasteiger partial charge in [-0.2, -0.15) is 5.26 Å². The Hall–Kier alpha value is -2.58. The first kappa shape index (κ1) is 15.0. The second-order valence-corrected chi connectivity index (χ2v) is 7.33. The van der Waals surface area contributed by atoms with Gasteiger partial charge in [0.05, 0.1) is 5.56 Å². The van der Waals surface area contributed by atoms with Gasteiger partial charge in [-0.15, -0.1) is 11.3 Å². The average molecular weight is 335 g/mol. The highest BCUT2D eigenvalue weighted by atomic mass is 32.1. The number of carbonyl (C=O) groups is 1. The molecule has 3 aromatic rings. The Morgan fingerprint density at radius 3 is 3.08 bits per heavy atom. The zero-order valence-corrected chi connectivity index (χ0v) is 14.2. The molecule has 4 nitrogen and oxygen atoms in total. The van der Waals surface area contributed by atoms with E-state index in [-0.39, 0.29) is 12.5 Å². The molecule has 4 rings (SSSR count). The standard InChI is InChI=1S/C19H17N3OS/c1-12-5-6-16-13(9-12)7-8-22(16)11-18(23)21-19-15(10-20)14-3-2-4-17(14)24-19/h5-9H,2-4,11H2,1H3,(H,21,23). The quantitative estimate of drug-likeness (QED) is 0.786. The summed E-state index contributed by atoms with van der Waals surface area (Å²) >= 11 is 1.56. The van der Waals surface area contributed by atoms with Crippen LogP contribution in [-0.2, 0) is 24.2 Å². The molecule has 0 spiro atoms. The number of aryl methyl sites for hydroxylation is 2. The monoisotopic (exact) mass is 335 g/mol. The highest BCUT2D eigenvalue weighted by Gasteiger charge is 2.23. The molecule has 0 saturated heterocycles. The van der Waals surface area contributed by atoms with Gasteiger partial charge in [-0.05, 0) is 55.3 Å². The molecule has 1 aliphatic rings. The fourth-order valence-electron chi connectivity index (χ4n) is 3.39. The first-order valence-electron chi connectivity index (χ1n) is 8.05. The minimum absolute atomic E-state index is 0.0931. The van der Waals surface area contributed by atoms with Crippen LogP contribution in [0.2, 0.25) is 0 Å². The summed E-state index contributed by atoms with van der Waals surface area (Å²) in [5, 5.41) is 14.2. The number of rotatable bonds is 3. The Kier molecular flexibility index (Phi) is 3.62. The molecule has 0 fully saturated rings. The van der Waals surface area contributed by atoms with E-state index in [1.807, 2.05) is 29.0 Å². The van der Waals surface area contributed by atoms with Crippen molar-refractivity contribution in [2.24, 2.45) is 0 Å². The number of fused-ring (bicyclic) bond motifs is 2. The number of hydrogen-bond donors (Lipinski definition) is 1. The van der Waals surface area contributed by atoms with E-state index in [0.717, 1.165) is 35.7 Å². The largest absolute Gasteiger partial charge is 0.338 e. The van der Waals surface area contributed by atoms with E-state index >= 15 is 0 Å². The van der Waals surface area contributed by atoms with Crippen LogP contribution in [0.3, 0.4) is 0 Å². The second kappa shape index (κ2) is 5.81. The molecule has 24 heavy (non-hydrogen) atoms. The van der Waals surface area contributed by atoms with E-state index in [4.69, 9.17) is 0 Å². The minimum Gasteiger partial charge on any atom is -0.338 e. The number of amides is 1. The van der Waals surface area contributed by atoms with Crippen molar-refractivity contribution in [1.29, 1.82) is 5.26 Å². The van der Waals surface area contributed by atoms with Crippen molar-refractivity contribution in [2.75, 3.05) is 5.32 Å². The van der Waals surface area contributed by atoms with Gasteiger partial charge in [0.2, 0.25) is 5.91 Å². The minimum atomic E-state index is -0.0931. The average Bonchev–Trinajstić information content (AvgIpc) is 3.22. The van der Waals surface area contributed by atoms with Crippen LogP contribution in [0.4, 0.5) is 5.00 Å². The summed E-state index contributed by atoms with van der Waals surface area (Å²) in [7, 11) is 0. The number of nitriles is 1. The van der Waals surface area contributed by atoms with Gasteiger partial charge in [-0.25, -0.2) is 0 Å². The molecule has 1 amide bonds. The van der Waals surface area contributed by atoms with E-state index in [0.29, 0.717) is 10.6 Å². The van der Waals surface area contributed by atoms with Crippen LogP contribution in [-0.4, -0.2) is 10.5 Å². The molecule has 1 aromatic carbocycles. The molecule has 0 atom stereocenters. The summed E-state index contributed by atoms with van der Waals surface area (Å²) in [6.07, 6.45) is 5.01. The number of nitrogens with zero attached hydrogens (tertiary/aromatic N) is 2. The third-order valence-corrected chi connectivity index (χ3v) is 5.73. The molecule has 2 aromatic heterocycles. The van der Waals surface area contributed by atoms with E-state index in [1.165, 1.54) is 10.4 Å². The van der Waals surface area contributed by atoms with Crippen LogP contribution >= 0.6 is 11.3 Å². The van der Waals surface area contributed by atoms with E-state index in [9.17, 15) is 10.1 Å². The lowest BCUT2D eigenvalue weighted by molar-refractivity contribution is -0.116. The highest BCUT2D eigenvalue weighted by Crippen LogP contribution is 2.38. The van der Waals surface area contributed by atoms with Crippen molar-refractivity contribution < 1.29 is 4.79 Å². The van der Waals surface area contributed by atoms with Crippen LogP contribution in [0, 0.1) is 18.3 Å². The molecule has 2 heterocycles. The molecule has 120 valence electrons. The van der Waals surface area contributed by atoms with E-state index in [2.05, 4.69) is 24.4 Å². The Labute approximate surface area is 144 Å². The third-order valence-electron chi connectivity index (χ3n) is 4.53. The summed E-state index contributed by atoms with van der Waals surface area (Å²) in [5.41, 5.74) is 4.05. The summed E-state index contributed by atoms with van der Waals surface area (Å²) in [6, 6.07) is 10.5. The first-order chi connectivity index (χ1) is 11.7.